The fourth-order valence-corrected chi connectivity index (χ4v) is 2.84. The minimum Gasteiger partial charge on any atom is -0.372 e. The standard InChI is InChI=1S/C15H24N2/c1-3-17(4-2)14-8-5-7-13(11-14)15(12-16)9-6-10-15/h5,7-8,11H,3-4,6,9-10,12,16H2,1-2H3. The summed E-state index contributed by atoms with van der Waals surface area (Å²) in [5.41, 5.74) is 9.04. The van der Waals surface area contributed by atoms with E-state index in [-0.39, 0.29) is 5.41 Å². The molecule has 0 bridgehead atoms. The molecule has 2 nitrogen and oxygen atoms in total. The minimum absolute atomic E-state index is 0.281. The van der Waals surface area contributed by atoms with Crippen LogP contribution in [0.15, 0.2) is 24.3 Å². The quantitative estimate of drug-likeness (QED) is 0.845. The van der Waals surface area contributed by atoms with Gasteiger partial charge >= 0.3 is 0 Å². The lowest BCUT2D eigenvalue weighted by molar-refractivity contribution is 0.253. The van der Waals surface area contributed by atoms with Crippen molar-refractivity contribution < 1.29 is 0 Å². The van der Waals surface area contributed by atoms with Gasteiger partial charge in [0.2, 0.25) is 0 Å². The van der Waals surface area contributed by atoms with Crippen LogP contribution in [-0.2, 0) is 5.41 Å². The first-order valence-corrected chi connectivity index (χ1v) is 6.81. The van der Waals surface area contributed by atoms with Gasteiger partial charge in [-0.05, 0) is 44.4 Å². The predicted molar refractivity (Wildman–Crippen MR) is 74.6 cm³/mol. The highest BCUT2D eigenvalue weighted by atomic mass is 15.1. The van der Waals surface area contributed by atoms with E-state index in [9.17, 15) is 0 Å². The molecule has 0 heterocycles. The normalized spacial score (nSPS) is 17.6. The Balaban J connectivity index is 2.27. The first-order valence-electron chi connectivity index (χ1n) is 6.81. The molecule has 0 atom stereocenters. The van der Waals surface area contributed by atoms with Crippen molar-refractivity contribution >= 4 is 5.69 Å². The monoisotopic (exact) mass is 232 g/mol. The van der Waals surface area contributed by atoms with Gasteiger partial charge in [-0.25, -0.2) is 0 Å². The molecular weight excluding hydrogens is 208 g/mol. The third-order valence-corrected chi connectivity index (χ3v) is 4.29. The van der Waals surface area contributed by atoms with E-state index in [0.717, 1.165) is 19.6 Å². The maximum Gasteiger partial charge on any atom is 0.0368 e. The lowest BCUT2D eigenvalue weighted by Crippen LogP contribution is -2.41. The molecular formula is C15H24N2. The zero-order valence-electron chi connectivity index (χ0n) is 11.1. The van der Waals surface area contributed by atoms with E-state index in [1.807, 2.05) is 0 Å². The Morgan fingerprint density at radius 2 is 1.94 bits per heavy atom. The molecule has 1 saturated carbocycles. The summed E-state index contributed by atoms with van der Waals surface area (Å²) >= 11 is 0. The van der Waals surface area contributed by atoms with E-state index >= 15 is 0 Å². The third-order valence-electron chi connectivity index (χ3n) is 4.29. The van der Waals surface area contributed by atoms with Crippen molar-refractivity contribution in [1.82, 2.24) is 0 Å². The highest BCUT2D eigenvalue weighted by Crippen LogP contribution is 2.43. The molecule has 1 aromatic carbocycles. The number of hydrogen-bond acceptors (Lipinski definition) is 2. The molecule has 1 aliphatic rings. The van der Waals surface area contributed by atoms with Crippen LogP contribution in [0.2, 0.25) is 0 Å². The average Bonchev–Trinajstić information content (AvgIpc) is 2.31. The van der Waals surface area contributed by atoms with Crippen LogP contribution in [-0.4, -0.2) is 19.6 Å². The number of nitrogens with zero attached hydrogens (tertiary/aromatic N) is 1. The van der Waals surface area contributed by atoms with Crippen LogP contribution in [0.25, 0.3) is 0 Å². The Hall–Kier alpha value is -1.02. The number of anilines is 1. The molecule has 2 heteroatoms. The van der Waals surface area contributed by atoms with Gasteiger partial charge in [-0.1, -0.05) is 18.6 Å². The summed E-state index contributed by atoms with van der Waals surface area (Å²) in [7, 11) is 0. The van der Waals surface area contributed by atoms with Gasteiger partial charge in [-0.15, -0.1) is 0 Å². The van der Waals surface area contributed by atoms with Crippen LogP contribution >= 0.6 is 0 Å². The van der Waals surface area contributed by atoms with E-state index in [1.165, 1.54) is 30.5 Å². The summed E-state index contributed by atoms with van der Waals surface area (Å²) in [5, 5.41) is 0. The topological polar surface area (TPSA) is 29.3 Å². The van der Waals surface area contributed by atoms with Crippen molar-refractivity contribution in [2.45, 2.75) is 38.5 Å². The van der Waals surface area contributed by atoms with Gasteiger partial charge in [0.15, 0.2) is 0 Å². The molecule has 2 rings (SSSR count). The van der Waals surface area contributed by atoms with Crippen LogP contribution in [0.3, 0.4) is 0 Å². The second kappa shape index (κ2) is 5.09. The smallest absolute Gasteiger partial charge is 0.0368 e. The van der Waals surface area contributed by atoms with Crippen molar-refractivity contribution in [1.29, 1.82) is 0 Å². The SMILES string of the molecule is CCN(CC)c1cccc(C2(CN)CCC2)c1. The molecule has 0 spiro atoms. The van der Waals surface area contributed by atoms with E-state index in [2.05, 4.69) is 43.0 Å². The van der Waals surface area contributed by atoms with Crippen LogP contribution < -0.4 is 10.6 Å². The Morgan fingerprint density at radius 1 is 1.24 bits per heavy atom. The molecule has 0 aromatic heterocycles. The van der Waals surface area contributed by atoms with Gasteiger partial charge in [0.1, 0.15) is 0 Å². The van der Waals surface area contributed by atoms with E-state index in [0.29, 0.717) is 0 Å². The number of hydrogen-bond donors (Lipinski definition) is 1. The van der Waals surface area contributed by atoms with E-state index < -0.39 is 0 Å². The molecule has 0 saturated heterocycles. The van der Waals surface area contributed by atoms with Gasteiger partial charge in [0.25, 0.3) is 0 Å². The first kappa shape index (κ1) is 12.4. The lowest BCUT2D eigenvalue weighted by Gasteiger charge is -2.42. The largest absolute Gasteiger partial charge is 0.372 e. The number of rotatable bonds is 5. The minimum atomic E-state index is 0.281. The van der Waals surface area contributed by atoms with Crippen molar-refractivity contribution in [3.8, 4) is 0 Å². The number of nitrogens with two attached hydrogens (primary N) is 1. The number of benzene rings is 1. The molecule has 0 aliphatic heterocycles. The summed E-state index contributed by atoms with van der Waals surface area (Å²) in [5.74, 6) is 0. The maximum absolute atomic E-state index is 5.98. The predicted octanol–water partition coefficient (Wildman–Crippen LogP) is 2.91. The second-order valence-corrected chi connectivity index (χ2v) is 5.06. The fourth-order valence-electron chi connectivity index (χ4n) is 2.84. The van der Waals surface area contributed by atoms with Crippen molar-refractivity contribution in [2.24, 2.45) is 5.73 Å². The van der Waals surface area contributed by atoms with E-state index in [4.69, 9.17) is 5.73 Å². The van der Waals surface area contributed by atoms with Gasteiger partial charge in [0, 0.05) is 30.7 Å². The molecule has 1 aliphatic carbocycles. The van der Waals surface area contributed by atoms with Crippen molar-refractivity contribution in [3.63, 3.8) is 0 Å². The zero-order chi connectivity index (χ0) is 12.3. The Bertz CT molecular complexity index is 359. The molecule has 0 radical (unpaired) electrons. The summed E-state index contributed by atoms with van der Waals surface area (Å²) < 4.78 is 0. The summed E-state index contributed by atoms with van der Waals surface area (Å²) in [4.78, 5) is 2.40. The van der Waals surface area contributed by atoms with Crippen LogP contribution in [0.1, 0.15) is 38.7 Å². The molecule has 0 amide bonds. The second-order valence-electron chi connectivity index (χ2n) is 5.06. The highest BCUT2D eigenvalue weighted by Gasteiger charge is 2.37. The lowest BCUT2D eigenvalue weighted by atomic mass is 9.64. The van der Waals surface area contributed by atoms with Crippen LogP contribution in [0, 0.1) is 0 Å². The molecule has 0 unspecified atom stereocenters. The highest BCUT2D eigenvalue weighted by molar-refractivity contribution is 5.50. The van der Waals surface area contributed by atoms with Crippen LogP contribution in [0.5, 0.6) is 0 Å². The molecule has 17 heavy (non-hydrogen) atoms. The van der Waals surface area contributed by atoms with Gasteiger partial charge in [-0.3, -0.25) is 0 Å². The summed E-state index contributed by atoms with van der Waals surface area (Å²) in [6.45, 7) is 7.33. The zero-order valence-corrected chi connectivity index (χ0v) is 11.1. The summed E-state index contributed by atoms with van der Waals surface area (Å²) in [6, 6.07) is 8.98. The Labute approximate surface area is 105 Å². The molecule has 1 aromatic rings. The maximum atomic E-state index is 5.98. The molecule has 94 valence electrons. The Morgan fingerprint density at radius 3 is 2.41 bits per heavy atom. The first-order chi connectivity index (χ1) is 8.25. The fraction of sp³-hybridized carbons (Fsp3) is 0.600. The van der Waals surface area contributed by atoms with Crippen molar-refractivity contribution in [3.05, 3.63) is 29.8 Å². The Kier molecular flexibility index (Phi) is 3.72. The van der Waals surface area contributed by atoms with E-state index in [1.54, 1.807) is 0 Å². The summed E-state index contributed by atoms with van der Waals surface area (Å²) in [6.07, 6.45) is 3.84. The van der Waals surface area contributed by atoms with Gasteiger partial charge in [0.05, 0.1) is 0 Å². The average molecular weight is 232 g/mol. The van der Waals surface area contributed by atoms with Crippen molar-refractivity contribution in [2.75, 3.05) is 24.5 Å². The molecule has 2 N–H and O–H groups in total. The van der Waals surface area contributed by atoms with Gasteiger partial charge < -0.3 is 10.6 Å². The third kappa shape index (κ3) is 2.19. The van der Waals surface area contributed by atoms with Crippen LogP contribution in [0.4, 0.5) is 5.69 Å². The molecule has 1 fully saturated rings. The van der Waals surface area contributed by atoms with Gasteiger partial charge in [-0.2, -0.15) is 0 Å².